The lowest BCUT2D eigenvalue weighted by molar-refractivity contribution is -0.110. The highest BCUT2D eigenvalue weighted by Gasteiger charge is 2.56. The van der Waals surface area contributed by atoms with Crippen LogP contribution in [0.25, 0.3) is 0 Å². The molecule has 0 heterocycles. The number of aldehydes is 1. The number of hydrogen-bond donors (Lipinski definition) is 0. The van der Waals surface area contributed by atoms with Crippen molar-refractivity contribution < 1.29 is 18.7 Å². The summed E-state index contributed by atoms with van der Waals surface area (Å²) in [5, 5.41) is 0. The fourth-order valence-electron chi connectivity index (χ4n) is 1.49. The third-order valence-corrected chi connectivity index (χ3v) is 2.68. The minimum Gasteiger partial charge on any atom is -0.459 e. The molecule has 16 heavy (non-hydrogen) atoms. The molecule has 0 aliphatic heterocycles. The molecule has 1 aliphatic carbocycles. The average molecular weight is 222 g/mol. The van der Waals surface area contributed by atoms with Crippen molar-refractivity contribution in [2.75, 3.05) is 6.61 Å². The van der Waals surface area contributed by atoms with Gasteiger partial charge in [0.15, 0.2) is 5.67 Å². The maximum absolute atomic E-state index is 13.5. The van der Waals surface area contributed by atoms with Crippen LogP contribution in [0.2, 0.25) is 0 Å². The van der Waals surface area contributed by atoms with E-state index in [9.17, 15) is 14.0 Å². The molecular weight excluding hydrogens is 211 g/mol. The maximum atomic E-state index is 13.5. The molecule has 1 saturated carbocycles. The molecule has 0 unspecified atom stereocenters. The Balaban J connectivity index is 1.88. The van der Waals surface area contributed by atoms with Gasteiger partial charge in [-0.3, -0.25) is 0 Å². The SMILES string of the molecule is O=C[C@H]1C[C@@]1(F)COC(=O)c1ccccc1. The van der Waals surface area contributed by atoms with Crippen LogP contribution in [-0.4, -0.2) is 24.5 Å². The standard InChI is InChI=1S/C12H11FO3/c13-12(6-10(12)7-14)8-16-11(15)9-4-2-1-3-5-9/h1-5,7,10H,6,8H2/t10-,12-/m1/s1. The Morgan fingerprint density at radius 2 is 2.19 bits per heavy atom. The van der Waals surface area contributed by atoms with Gasteiger partial charge in [-0.05, 0) is 18.6 Å². The second kappa shape index (κ2) is 4.04. The Hall–Kier alpha value is -1.71. The smallest absolute Gasteiger partial charge is 0.338 e. The highest BCUT2D eigenvalue weighted by Crippen LogP contribution is 2.45. The Morgan fingerprint density at radius 1 is 1.50 bits per heavy atom. The number of alkyl halides is 1. The van der Waals surface area contributed by atoms with Crippen molar-refractivity contribution in [2.45, 2.75) is 12.1 Å². The van der Waals surface area contributed by atoms with Crippen molar-refractivity contribution in [3.8, 4) is 0 Å². The first kappa shape index (κ1) is 10.8. The normalized spacial score (nSPS) is 27.2. The van der Waals surface area contributed by atoms with E-state index < -0.39 is 17.6 Å². The van der Waals surface area contributed by atoms with E-state index >= 15 is 0 Å². The summed E-state index contributed by atoms with van der Waals surface area (Å²) < 4.78 is 18.3. The predicted octanol–water partition coefficient (Wildman–Crippen LogP) is 1.77. The van der Waals surface area contributed by atoms with Crippen molar-refractivity contribution in [1.82, 2.24) is 0 Å². The van der Waals surface area contributed by atoms with Gasteiger partial charge < -0.3 is 9.53 Å². The van der Waals surface area contributed by atoms with E-state index in [0.29, 0.717) is 11.8 Å². The number of hydrogen-bond acceptors (Lipinski definition) is 3. The number of rotatable bonds is 4. The van der Waals surface area contributed by atoms with Gasteiger partial charge >= 0.3 is 5.97 Å². The van der Waals surface area contributed by atoms with Gasteiger partial charge in [0.1, 0.15) is 12.9 Å². The van der Waals surface area contributed by atoms with Crippen molar-refractivity contribution in [3.05, 3.63) is 35.9 Å². The molecule has 0 radical (unpaired) electrons. The Labute approximate surface area is 92.2 Å². The highest BCUT2D eigenvalue weighted by molar-refractivity contribution is 5.89. The van der Waals surface area contributed by atoms with Crippen molar-refractivity contribution in [2.24, 2.45) is 5.92 Å². The first-order valence-electron chi connectivity index (χ1n) is 5.02. The molecule has 2 rings (SSSR count). The molecule has 2 atom stereocenters. The fraction of sp³-hybridized carbons (Fsp3) is 0.333. The van der Waals surface area contributed by atoms with E-state index in [0.717, 1.165) is 0 Å². The van der Waals surface area contributed by atoms with Crippen LogP contribution in [0.5, 0.6) is 0 Å². The Bertz CT molecular complexity index is 404. The molecule has 1 aromatic rings. The van der Waals surface area contributed by atoms with E-state index in [2.05, 4.69) is 0 Å². The van der Waals surface area contributed by atoms with Gasteiger partial charge in [-0.25, -0.2) is 9.18 Å². The molecule has 0 amide bonds. The number of esters is 1. The third kappa shape index (κ3) is 2.10. The zero-order valence-corrected chi connectivity index (χ0v) is 8.56. The van der Waals surface area contributed by atoms with Gasteiger partial charge in [-0.1, -0.05) is 18.2 Å². The van der Waals surface area contributed by atoms with Gasteiger partial charge in [0.25, 0.3) is 0 Å². The molecule has 4 heteroatoms. The number of carbonyl (C=O) groups is 2. The van der Waals surface area contributed by atoms with Crippen LogP contribution < -0.4 is 0 Å². The van der Waals surface area contributed by atoms with E-state index in [1.807, 2.05) is 0 Å². The van der Waals surface area contributed by atoms with Crippen molar-refractivity contribution in [3.63, 3.8) is 0 Å². The molecule has 0 aromatic heterocycles. The zero-order chi connectivity index (χ0) is 11.6. The van der Waals surface area contributed by atoms with E-state index in [1.54, 1.807) is 30.3 Å². The van der Waals surface area contributed by atoms with Gasteiger partial charge in [0.05, 0.1) is 11.5 Å². The summed E-state index contributed by atoms with van der Waals surface area (Å²) in [5.74, 6) is -1.18. The Morgan fingerprint density at radius 3 is 2.75 bits per heavy atom. The summed E-state index contributed by atoms with van der Waals surface area (Å²) in [5.41, 5.74) is -1.25. The molecule has 0 N–H and O–H groups in total. The fourth-order valence-corrected chi connectivity index (χ4v) is 1.49. The quantitative estimate of drug-likeness (QED) is 0.576. The second-order valence-corrected chi connectivity index (χ2v) is 3.92. The number of ether oxygens (including phenoxy) is 1. The van der Waals surface area contributed by atoms with Crippen LogP contribution in [0.4, 0.5) is 4.39 Å². The first-order valence-corrected chi connectivity index (χ1v) is 5.02. The second-order valence-electron chi connectivity index (χ2n) is 3.92. The van der Waals surface area contributed by atoms with Crippen LogP contribution in [0.1, 0.15) is 16.8 Å². The molecule has 1 aliphatic rings. The number of halogens is 1. The summed E-state index contributed by atoms with van der Waals surface area (Å²) in [7, 11) is 0. The highest BCUT2D eigenvalue weighted by atomic mass is 19.1. The van der Waals surface area contributed by atoms with Crippen LogP contribution >= 0.6 is 0 Å². The van der Waals surface area contributed by atoms with Crippen molar-refractivity contribution in [1.29, 1.82) is 0 Å². The maximum Gasteiger partial charge on any atom is 0.338 e. The number of carbonyl (C=O) groups excluding carboxylic acids is 2. The summed E-state index contributed by atoms with van der Waals surface area (Å²) in [4.78, 5) is 21.8. The van der Waals surface area contributed by atoms with E-state index in [1.165, 1.54) is 0 Å². The Kier molecular flexibility index (Phi) is 2.73. The van der Waals surface area contributed by atoms with Gasteiger partial charge in [-0.2, -0.15) is 0 Å². The molecular formula is C12H11FO3. The first-order chi connectivity index (χ1) is 7.65. The van der Waals surface area contributed by atoms with Crippen LogP contribution in [0.3, 0.4) is 0 Å². The van der Waals surface area contributed by atoms with Gasteiger partial charge in [0.2, 0.25) is 0 Å². The van der Waals surface area contributed by atoms with E-state index in [-0.39, 0.29) is 13.0 Å². The lowest BCUT2D eigenvalue weighted by Gasteiger charge is -2.07. The summed E-state index contributed by atoms with van der Waals surface area (Å²) in [6.45, 7) is -0.343. The molecule has 84 valence electrons. The summed E-state index contributed by atoms with van der Waals surface area (Å²) in [6.07, 6.45) is 0.717. The minimum absolute atomic E-state index is 0.151. The molecule has 1 aromatic carbocycles. The monoisotopic (exact) mass is 222 g/mol. The van der Waals surface area contributed by atoms with Crippen LogP contribution in [0.15, 0.2) is 30.3 Å². The van der Waals surface area contributed by atoms with Crippen LogP contribution in [-0.2, 0) is 9.53 Å². The number of benzene rings is 1. The molecule has 3 nitrogen and oxygen atoms in total. The average Bonchev–Trinajstić information content (AvgIpc) is 2.99. The molecule has 1 fully saturated rings. The lowest BCUT2D eigenvalue weighted by atomic mass is 10.2. The van der Waals surface area contributed by atoms with Crippen LogP contribution in [0, 0.1) is 5.92 Å². The van der Waals surface area contributed by atoms with E-state index in [4.69, 9.17) is 4.74 Å². The molecule has 0 spiro atoms. The zero-order valence-electron chi connectivity index (χ0n) is 8.56. The minimum atomic E-state index is -1.63. The molecule has 0 saturated heterocycles. The summed E-state index contributed by atoms with van der Waals surface area (Å²) >= 11 is 0. The van der Waals surface area contributed by atoms with Crippen molar-refractivity contribution >= 4 is 12.3 Å². The summed E-state index contributed by atoms with van der Waals surface area (Å²) in [6, 6.07) is 8.37. The van der Waals surface area contributed by atoms with Gasteiger partial charge in [-0.15, -0.1) is 0 Å². The topological polar surface area (TPSA) is 43.4 Å². The predicted molar refractivity (Wildman–Crippen MR) is 54.7 cm³/mol. The largest absolute Gasteiger partial charge is 0.459 e. The third-order valence-electron chi connectivity index (χ3n) is 2.68. The lowest BCUT2D eigenvalue weighted by Crippen LogP contribution is -2.18. The molecule has 0 bridgehead atoms. The van der Waals surface area contributed by atoms with Gasteiger partial charge in [0, 0.05) is 0 Å².